The van der Waals surface area contributed by atoms with Crippen molar-refractivity contribution in [1.29, 1.82) is 0 Å². The molecule has 22 heavy (non-hydrogen) atoms. The van der Waals surface area contributed by atoms with E-state index in [2.05, 4.69) is 15.4 Å². The number of H-pyrrole nitrogens is 1. The highest BCUT2D eigenvalue weighted by Gasteiger charge is 2.25. The fraction of sp³-hybridized carbons (Fsp3) is 0.562. The third-order valence-electron chi connectivity index (χ3n) is 4.51. The van der Waals surface area contributed by atoms with Crippen LogP contribution in [0.3, 0.4) is 0 Å². The van der Waals surface area contributed by atoms with Crippen LogP contribution in [0.2, 0.25) is 0 Å². The molecule has 0 bridgehead atoms. The zero-order valence-electron chi connectivity index (χ0n) is 13.1. The molecule has 0 aliphatic carbocycles. The Bertz CT molecular complexity index is 613. The van der Waals surface area contributed by atoms with Crippen LogP contribution in [-0.4, -0.2) is 39.3 Å². The van der Waals surface area contributed by atoms with Crippen LogP contribution in [0, 0.1) is 13.8 Å². The van der Waals surface area contributed by atoms with Crippen molar-refractivity contribution >= 4 is 5.91 Å². The van der Waals surface area contributed by atoms with E-state index in [1.807, 2.05) is 24.8 Å². The van der Waals surface area contributed by atoms with Gasteiger partial charge in [0.2, 0.25) is 5.91 Å². The molecular formula is C16H22N4O2. The van der Waals surface area contributed by atoms with Crippen LogP contribution in [0.15, 0.2) is 16.8 Å². The van der Waals surface area contributed by atoms with Gasteiger partial charge in [0.1, 0.15) is 5.76 Å². The van der Waals surface area contributed by atoms with Gasteiger partial charge in [-0.1, -0.05) is 5.16 Å². The molecule has 1 fully saturated rings. The van der Waals surface area contributed by atoms with Gasteiger partial charge in [-0.25, -0.2) is 0 Å². The van der Waals surface area contributed by atoms with E-state index in [0.717, 1.165) is 48.6 Å². The van der Waals surface area contributed by atoms with Crippen molar-refractivity contribution in [1.82, 2.24) is 20.3 Å². The quantitative estimate of drug-likeness (QED) is 0.940. The monoisotopic (exact) mass is 302 g/mol. The maximum atomic E-state index is 12.5. The van der Waals surface area contributed by atoms with Gasteiger partial charge >= 0.3 is 0 Å². The second kappa shape index (κ2) is 6.34. The van der Waals surface area contributed by atoms with E-state index in [9.17, 15) is 4.79 Å². The lowest BCUT2D eigenvalue weighted by Crippen LogP contribution is -2.39. The fourth-order valence-electron chi connectivity index (χ4n) is 3.20. The van der Waals surface area contributed by atoms with Crippen molar-refractivity contribution in [2.45, 2.75) is 45.4 Å². The number of likely N-dealkylation sites (tertiary alicyclic amines) is 1. The number of aryl methyl sites for hydroxylation is 2. The highest BCUT2D eigenvalue weighted by molar-refractivity contribution is 5.76. The number of aromatic nitrogens is 3. The standard InChI is InChI=1S/C16H22N4O2/c1-11-14(12(2)22-19-11)5-6-16(21)20-9-3-4-13(10-20)15-7-8-17-18-15/h7-8,13H,3-6,9-10H2,1-2H3,(H,17,18)/t13-/m1/s1. The molecule has 1 aliphatic rings. The predicted molar refractivity (Wildman–Crippen MR) is 81.4 cm³/mol. The minimum Gasteiger partial charge on any atom is -0.361 e. The van der Waals surface area contributed by atoms with Crippen LogP contribution in [0.4, 0.5) is 0 Å². The molecule has 3 rings (SSSR count). The Balaban J connectivity index is 1.58. The Labute approximate surface area is 129 Å². The molecule has 3 heterocycles. The Morgan fingerprint density at radius 1 is 1.50 bits per heavy atom. The van der Waals surface area contributed by atoms with Crippen molar-refractivity contribution in [2.24, 2.45) is 0 Å². The van der Waals surface area contributed by atoms with Gasteiger partial charge in [-0.05, 0) is 39.2 Å². The van der Waals surface area contributed by atoms with Crippen LogP contribution < -0.4 is 0 Å². The second-order valence-electron chi connectivity index (χ2n) is 5.99. The fourth-order valence-corrected chi connectivity index (χ4v) is 3.20. The van der Waals surface area contributed by atoms with Gasteiger partial charge in [-0.3, -0.25) is 9.89 Å². The molecule has 1 N–H and O–H groups in total. The second-order valence-corrected chi connectivity index (χ2v) is 5.99. The van der Waals surface area contributed by atoms with Crippen molar-refractivity contribution in [3.8, 4) is 0 Å². The summed E-state index contributed by atoms with van der Waals surface area (Å²) in [6, 6.07) is 2.00. The number of piperidine rings is 1. The number of amides is 1. The molecule has 2 aromatic rings. The third-order valence-corrected chi connectivity index (χ3v) is 4.51. The van der Waals surface area contributed by atoms with Crippen molar-refractivity contribution in [3.05, 3.63) is 35.0 Å². The normalized spacial score (nSPS) is 18.6. The number of aromatic amines is 1. The first-order valence-electron chi connectivity index (χ1n) is 7.84. The summed E-state index contributed by atoms with van der Waals surface area (Å²) in [4.78, 5) is 14.5. The summed E-state index contributed by atoms with van der Waals surface area (Å²) in [5.74, 6) is 1.41. The largest absolute Gasteiger partial charge is 0.361 e. The van der Waals surface area contributed by atoms with Crippen LogP contribution in [-0.2, 0) is 11.2 Å². The van der Waals surface area contributed by atoms with Gasteiger partial charge < -0.3 is 9.42 Å². The summed E-state index contributed by atoms with van der Waals surface area (Å²) < 4.78 is 5.15. The van der Waals surface area contributed by atoms with Gasteiger partial charge in [-0.2, -0.15) is 5.10 Å². The minimum atomic E-state index is 0.212. The smallest absolute Gasteiger partial charge is 0.222 e. The molecule has 1 aliphatic heterocycles. The van der Waals surface area contributed by atoms with Crippen LogP contribution in [0.1, 0.15) is 47.9 Å². The van der Waals surface area contributed by atoms with Gasteiger partial charge in [-0.15, -0.1) is 0 Å². The molecule has 6 heteroatoms. The lowest BCUT2D eigenvalue weighted by Gasteiger charge is -2.32. The van der Waals surface area contributed by atoms with Gasteiger partial charge in [0.15, 0.2) is 0 Å². The average molecular weight is 302 g/mol. The van der Waals surface area contributed by atoms with Gasteiger partial charge in [0.25, 0.3) is 0 Å². The zero-order chi connectivity index (χ0) is 15.5. The number of hydrogen-bond acceptors (Lipinski definition) is 4. The van der Waals surface area contributed by atoms with Gasteiger partial charge in [0, 0.05) is 42.9 Å². The summed E-state index contributed by atoms with van der Waals surface area (Å²) in [5.41, 5.74) is 3.08. The van der Waals surface area contributed by atoms with E-state index in [0.29, 0.717) is 18.8 Å². The molecule has 0 unspecified atom stereocenters. The molecule has 2 aromatic heterocycles. The summed E-state index contributed by atoms with van der Waals surface area (Å²) in [6.07, 6.45) is 5.13. The number of carbonyl (C=O) groups is 1. The zero-order valence-corrected chi connectivity index (χ0v) is 13.1. The molecule has 118 valence electrons. The first-order valence-corrected chi connectivity index (χ1v) is 7.84. The Kier molecular flexibility index (Phi) is 4.27. The predicted octanol–water partition coefficient (Wildman–Crippen LogP) is 2.35. The highest BCUT2D eigenvalue weighted by Crippen LogP contribution is 2.26. The number of hydrogen-bond donors (Lipinski definition) is 1. The molecule has 1 saturated heterocycles. The SMILES string of the molecule is Cc1noc(C)c1CCC(=O)N1CCC[C@@H](c2ccn[nH]2)C1. The highest BCUT2D eigenvalue weighted by atomic mass is 16.5. The number of nitrogens with zero attached hydrogens (tertiary/aromatic N) is 3. The molecule has 0 spiro atoms. The van der Waals surface area contributed by atoms with Crippen LogP contribution in [0.5, 0.6) is 0 Å². The number of rotatable bonds is 4. The summed E-state index contributed by atoms with van der Waals surface area (Å²) in [6.45, 7) is 5.45. The van der Waals surface area contributed by atoms with Crippen molar-refractivity contribution in [3.63, 3.8) is 0 Å². The molecule has 0 radical (unpaired) electrons. The maximum Gasteiger partial charge on any atom is 0.222 e. The lowest BCUT2D eigenvalue weighted by atomic mass is 9.94. The Hall–Kier alpha value is -2.11. The van der Waals surface area contributed by atoms with Crippen molar-refractivity contribution < 1.29 is 9.32 Å². The molecular weight excluding hydrogens is 280 g/mol. The number of carbonyl (C=O) groups excluding carboxylic acids is 1. The maximum absolute atomic E-state index is 12.5. The van der Waals surface area contributed by atoms with E-state index in [-0.39, 0.29) is 5.91 Å². The Morgan fingerprint density at radius 3 is 3.05 bits per heavy atom. The summed E-state index contributed by atoms with van der Waals surface area (Å²) in [7, 11) is 0. The molecule has 0 saturated carbocycles. The minimum absolute atomic E-state index is 0.212. The average Bonchev–Trinajstić information content (AvgIpc) is 3.16. The topological polar surface area (TPSA) is 75.0 Å². The van der Waals surface area contributed by atoms with Crippen LogP contribution in [0.25, 0.3) is 0 Å². The summed E-state index contributed by atoms with van der Waals surface area (Å²) >= 11 is 0. The third kappa shape index (κ3) is 3.05. The van der Waals surface area contributed by atoms with E-state index in [1.165, 1.54) is 0 Å². The van der Waals surface area contributed by atoms with Gasteiger partial charge in [0.05, 0.1) is 5.69 Å². The lowest BCUT2D eigenvalue weighted by molar-refractivity contribution is -0.132. The molecule has 6 nitrogen and oxygen atoms in total. The first-order chi connectivity index (χ1) is 10.6. The molecule has 1 atom stereocenters. The molecule has 1 amide bonds. The number of nitrogens with one attached hydrogen (secondary N) is 1. The summed E-state index contributed by atoms with van der Waals surface area (Å²) in [5, 5.41) is 11.0. The van der Waals surface area contributed by atoms with E-state index in [4.69, 9.17) is 4.52 Å². The Morgan fingerprint density at radius 2 is 2.36 bits per heavy atom. The van der Waals surface area contributed by atoms with Crippen LogP contribution >= 0.6 is 0 Å². The first kappa shape index (κ1) is 14.8. The molecule has 0 aromatic carbocycles. The van der Waals surface area contributed by atoms with Crippen molar-refractivity contribution in [2.75, 3.05) is 13.1 Å². The van der Waals surface area contributed by atoms with E-state index >= 15 is 0 Å². The van der Waals surface area contributed by atoms with E-state index < -0.39 is 0 Å². The van der Waals surface area contributed by atoms with E-state index in [1.54, 1.807) is 6.20 Å².